The van der Waals surface area contributed by atoms with Gasteiger partial charge < -0.3 is 13.6 Å². The van der Waals surface area contributed by atoms with E-state index in [-0.39, 0.29) is 59.1 Å². The summed E-state index contributed by atoms with van der Waals surface area (Å²) in [5.41, 5.74) is 0.236. The molecule has 4 heterocycles. The maximum atomic E-state index is 14.0. The zero-order chi connectivity index (χ0) is 28.3. The fraction of sp³-hybridized carbons (Fsp3) is 0.903. The van der Waals surface area contributed by atoms with E-state index >= 15 is 0 Å². The molecule has 3 saturated carbocycles. The molecular formula is C31H52O6Si2. The van der Waals surface area contributed by atoms with Crippen molar-refractivity contribution in [1.82, 2.24) is 0 Å². The maximum absolute atomic E-state index is 14.0. The van der Waals surface area contributed by atoms with Crippen LogP contribution in [-0.4, -0.2) is 52.6 Å². The normalized spacial score (nSPS) is 46.6. The van der Waals surface area contributed by atoms with E-state index in [4.69, 9.17) is 23.4 Å². The minimum absolute atomic E-state index is 0.0111. The van der Waals surface area contributed by atoms with E-state index in [1.54, 1.807) is 0 Å². The minimum Gasteiger partial charge on any atom is -0.459 e. The third-order valence-electron chi connectivity index (χ3n) is 13.2. The predicted molar refractivity (Wildman–Crippen MR) is 156 cm³/mol. The van der Waals surface area contributed by atoms with Gasteiger partial charge in [-0.1, -0.05) is 48.5 Å². The van der Waals surface area contributed by atoms with Gasteiger partial charge in [-0.2, -0.15) is 0 Å². The van der Waals surface area contributed by atoms with Crippen molar-refractivity contribution in [2.45, 2.75) is 141 Å². The molecule has 8 heteroatoms. The molecule has 0 amide bonds. The molecule has 0 N–H and O–H groups in total. The van der Waals surface area contributed by atoms with Gasteiger partial charge in [0.1, 0.15) is 17.8 Å². The van der Waals surface area contributed by atoms with E-state index in [1.807, 2.05) is 0 Å². The molecule has 0 aromatic rings. The lowest BCUT2D eigenvalue weighted by atomic mass is 9.45. The molecular weight excluding hydrogens is 525 g/mol. The minimum atomic E-state index is -2.07. The second-order valence-electron chi connectivity index (χ2n) is 15.4. The number of hydrogen-bond acceptors (Lipinski definition) is 6. The number of carbonyl (C=O) groups is 1. The summed E-state index contributed by atoms with van der Waals surface area (Å²) in [5.74, 6) is 1.10. The van der Waals surface area contributed by atoms with E-state index in [9.17, 15) is 4.79 Å². The van der Waals surface area contributed by atoms with Crippen LogP contribution >= 0.6 is 0 Å². The molecule has 4 bridgehead atoms. The van der Waals surface area contributed by atoms with Gasteiger partial charge in [-0.05, 0) is 85.9 Å². The summed E-state index contributed by atoms with van der Waals surface area (Å²) < 4.78 is 20.9. The Kier molecular flexibility index (Phi) is 6.59. The average molecular weight is 577 g/mol. The smallest absolute Gasteiger partial charge is 0.313 e. The van der Waals surface area contributed by atoms with Gasteiger partial charge in [-0.3, -0.25) is 4.79 Å². The van der Waals surface area contributed by atoms with Gasteiger partial charge in [-0.15, -0.1) is 0 Å². The van der Waals surface area contributed by atoms with Crippen LogP contribution < -0.4 is 0 Å². The molecule has 4 aliphatic heterocycles. The first-order valence-electron chi connectivity index (χ1n) is 15.8. The summed E-state index contributed by atoms with van der Waals surface area (Å²) >= 11 is 0. The average Bonchev–Trinajstić information content (AvgIpc) is 3.13. The number of hydrogen-bond donors (Lipinski definition) is 0. The van der Waals surface area contributed by atoms with Gasteiger partial charge >= 0.3 is 5.97 Å². The molecule has 39 heavy (non-hydrogen) atoms. The predicted octanol–water partition coefficient (Wildman–Crippen LogP) is 7.02. The number of ether oxygens (including phenoxy) is 1. The van der Waals surface area contributed by atoms with Crippen LogP contribution in [0.3, 0.4) is 0 Å². The van der Waals surface area contributed by atoms with E-state index < -0.39 is 27.7 Å². The zero-order valence-corrected chi connectivity index (χ0v) is 28.0. The molecule has 0 unspecified atom stereocenters. The Balaban J connectivity index is 1.44. The second kappa shape index (κ2) is 8.99. The van der Waals surface area contributed by atoms with Crippen molar-refractivity contribution in [3.8, 4) is 0 Å². The molecule has 0 aromatic carbocycles. The van der Waals surface area contributed by atoms with Gasteiger partial charge in [0.2, 0.25) is 0 Å². The van der Waals surface area contributed by atoms with Crippen LogP contribution in [0.1, 0.15) is 74.7 Å². The van der Waals surface area contributed by atoms with E-state index in [1.165, 1.54) is 5.57 Å². The third-order valence-corrected chi connectivity index (χ3v) is 22.4. The number of esters is 1. The molecule has 3 saturated heterocycles. The van der Waals surface area contributed by atoms with Gasteiger partial charge in [0.05, 0.1) is 17.6 Å². The van der Waals surface area contributed by atoms with Crippen LogP contribution in [0.15, 0.2) is 11.6 Å². The Labute approximate surface area is 238 Å². The van der Waals surface area contributed by atoms with Gasteiger partial charge in [0.25, 0.3) is 0 Å². The summed E-state index contributed by atoms with van der Waals surface area (Å²) in [6.07, 6.45) is 4.48. The van der Waals surface area contributed by atoms with Crippen molar-refractivity contribution in [3.63, 3.8) is 0 Å². The van der Waals surface area contributed by atoms with E-state index in [0.717, 1.165) is 37.4 Å². The van der Waals surface area contributed by atoms with Crippen molar-refractivity contribution >= 4 is 22.6 Å². The SMILES string of the molecule is CC[Si](CC)(CC)O[C@H]1[C@H]2CC[C@]34C(=O)O[C@H]([C@H]5C[C@]6(OO[C@H]1C=C6C)[C@@H]2[C@H]53)[C@H](O[Si](C)(C)C(C)(C)C)[C@H]4C. The molecule has 0 radical (unpaired) electrons. The first-order chi connectivity index (χ1) is 18.2. The van der Waals surface area contributed by atoms with Gasteiger partial charge in [0, 0.05) is 17.8 Å². The van der Waals surface area contributed by atoms with Crippen molar-refractivity contribution in [2.24, 2.45) is 35.0 Å². The monoisotopic (exact) mass is 576 g/mol. The lowest BCUT2D eigenvalue weighted by Gasteiger charge is -2.64. The lowest BCUT2D eigenvalue weighted by molar-refractivity contribution is -0.379. The maximum Gasteiger partial charge on any atom is 0.313 e. The molecule has 2 spiro atoms. The lowest BCUT2D eigenvalue weighted by Crippen LogP contribution is -2.71. The highest BCUT2D eigenvalue weighted by Crippen LogP contribution is 2.74. The highest BCUT2D eigenvalue weighted by Gasteiger charge is 2.79. The van der Waals surface area contributed by atoms with Crippen LogP contribution in [0, 0.1) is 35.0 Å². The Morgan fingerprint density at radius 1 is 1.03 bits per heavy atom. The van der Waals surface area contributed by atoms with Crippen molar-refractivity contribution < 1.29 is 28.2 Å². The first-order valence-corrected chi connectivity index (χ1v) is 21.3. The molecule has 8 rings (SSSR count). The summed E-state index contributed by atoms with van der Waals surface area (Å²) in [6, 6.07) is 3.34. The molecule has 0 aromatic heterocycles. The molecule has 11 atom stereocenters. The van der Waals surface area contributed by atoms with Crippen LogP contribution in [0.5, 0.6) is 0 Å². The quantitative estimate of drug-likeness (QED) is 0.140. The highest BCUT2D eigenvalue weighted by molar-refractivity contribution is 6.74. The second-order valence-corrected chi connectivity index (χ2v) is 24.9. The fourth-order valence-corrected chi connectivity index (χ4v) is 14.0. The molecule has 6 nitrogen and oxygen atoms in total. The topological polar surface area (TPSA) is 63.2 Å². The standard InChI is InChI=1S/C31H52O6Si2/c1-11-39(12-2,13-3)36-26-20-14-15-30-19(5)25(35-38(9,10)29(6,7)8)27(33-28(30)32)21-17-31(24(20)23(21)30)18(4)16-22(26)34-37-31/h16,19-27H,11-15,17H2,1-10H3/t19-,20+,21+,22+,23+,24+,25-,26+,27-,30-,31-/m1/s1. The molecule has 6 fully saturated rings. The van der Waals surface area contributed by atoms with Crippen LogP contribution in [0.4, 0.5) is 0 Å². The van der Waals surface area contributed by atoms with Crippen molar-refractivity contribution in [3.05, 3.63) is 11.6 Å². The van der Waals surface area contributed by atoms with E-state index in [2.05, 4.69) is 74.6 Å². The zero-order valence-electron chi connectivity index (χ0n) is 26.0. The van der Waals surface area contributed by atoms with Gasteiger partial charge in [-0.25, -0.2) is 9.78 Å². The summed E-state index contributed by atoms with van der Waals surface area (Å²) in [5, 5.41) is 0.0931. The Morgan fingerprint density at radius 2 is 1.69 bits per heavy atom. The molecule has 8 aliphatic rings. The fourth-order valence-electron chi connectivity index (χ4n) is 9.75. The Hall–Kier alpha value is -0.516. The summed E-state index contributed by atoms with van der Waals surface area (Å²) in [4.78, 5) is 26.9. The largest absolute Gasteiger partial charge is 0.459 e. The van der Waals surface area contributed by atoms with Crippen molar-refractivity contribution in [1.29, 1.82) is 0 Å². The van der Waals surface area contributed by atoms with Gasteiger partial charge in [0.15, 0.2) is 16.6 Å². The first kappa shape index (κ1) is 28.6. The van der Waals surface area contributed by atoms with Crippen LogP contribution in [0.2, 0.25) is 36.3 Å². The number of carbonyl (C=O) groups excluding carboxylic acids is 1. The third kappa shape index (κ3) is 3.60. The number of rotatable bonds is 7. The van der Waals surface area contributed by atoms with E-state index in [0.29, 0.717) is 5.92 Å². The Morgan fingerprint density at radius 3 is 2.28 bits per heavy atom. The van der Waals surface area contributed by atoms with Crippen LogP contribution in [-0.2, 0) is 28.2 Å². The highest BCUT2D eigenvalue weighted by atomic mass is 28.4. The summed E-state index contributed by atoms with van der Waals surface area (Å²) in [7, 11) is -3.97. The van der Waals surface area contributed by atoms with Crippen molar-refractivity contribution in [2.75, 3.05) is 0 Å². The molecule has 220 valence electrons. The number of fused-ring (bicyclic) bond motifs is 3. The Bertz CT molecular complexity index is 1040. The summed E-state index contributed by atoms with van der Waals surface area (Å²) in [6.45, 7) is 22.9. The molecule has 4 aliphatic carbocycles. The van der Waals surface area contributed by atoms with Crippen LogP contribution in [0.25, 0.3) is 0 Å².